The first-order valence-corrected chi connectivity index (χ1v) is 31.1. The standard InChI is InChI=1S/C59H110O12S/c1-3-5-7-9-11-13-15-17-19-21-23-24-25-26-27-28-29-31-33-35-37-39-41-43-45-47-49-67-51-53(52-68-59-57(63)58(71-72(64,65)66)56(62)54(50-60)70-59)69-55(61)48-46-44-42-40-38-36-34-32-30-22-20-18-16-14-12-10-8-6-4-2/h12,14,18,20-21,23,53-54,56-60,62-63H,3-11,13,15-17,19,22,24-52H2,1-2H3,(H,64,65,66)/b14-12-,20-18-,23-21-. The van der Waals surface area contributed by atoms with Gasteiger partial charge < -0.3 is 34.3 Å². The second kappa shape index (κ2) is 50.2. The molecule has 0 saturated carbocycles. The molecule has 1 aliphatic heterocycles. The number of rotatable bonds is 53. The molecule has 1 aliphatic rings. The van der Waals surface area contributed by atoms with Crippen LogP contribution in [0.2, 0.25) is 0 Å². The molecule has 1 fully saturated rings. The zero-order chi connectivity index (χ0) is 52.4. The number of aliphatic hydroxyl groups is 3. The van der Waals surface area contributed by atoms with Gasteiger partial charge in [0, 0.05) is 13.0 Å². The van der Waals surface area contributed by atoms with Gasteiger partial charge in [0.2, 0.25) is 0 Å². The molecule has 13 heteroatoms. The van der Waals surface area contributed by atoms with E-state index in [1.54, 1.807) is 0 Å². The van der Waals surface area contributed by atoms with E-state index in [-0.39, 0.29) is 19.6 Å². The monoisotopic (exact) mass is 1040 g/mol. The van der Waals surface area contributed by atoms with E-state index >= 15 is 0 Å². The molecular weight excluding hydrogens is 933 g/mol. The van der Waals surface area contributed by atoms with Gasteiger partial charge in [-0.2, -0.15) is 8.42 Å². The summed E-state index contributed by atoms with van der Waals surface area (Å²) < 4.78 is 59.5. The quantitative estimate of drug-likeness (QED) is 0.0196. The molecule has 0 aliphatic carbocycles. The maximum absolute atomic E-state index is 13.0. The third-order valence-electron chi connectivity index (χ3n) is 13.7. The van der Waals surface area contributed by atoms with Crippen LogP contribution >= 0.6 is 0 Å². The van der Waals surface area contributed by atoms with Crippen molar-refractivity contribution in [3.8, 4) is 0 Å². The smallest absolute Gasteiger partial charge is 0.397 e. The van der Waals surface area contributed by atoms with Crippen molar-refractivity contribution in [2.75, 3.05) is 26.4 Å². The molecule has 6 unspecified atom stereocenters. The van der Waals surface area contributed by atoms with Crippen LogP contribution in [0.1, 0.15) is 271 Å². The van der Waals surface area contributed by atoms with Crippen LogP contribution in [-0.2, 0) is 38.3 Å². The highest BCUT2D eigenvalue weighted by molar-refractivity contribution is 7.80. The Kier molecular flexibility index (Phi) is 47.6. The Balaban J connectivity index is 2.26. The lowest BCUT2D eigenvalue weighted by Crippen LogP contribution is -2.60. The molecule has 6 atom stereocenters. The topological polar surface area (TPSA) is 178 Å². The summed E-state index contributed by atoms with van der Waals surface area (Å²) >= 11 is 0. The summed E-state index contributed by atoms with van der Waals surface area (Å²) in [5.41, 5.74) is 0. The number of carbonyl (C=O) groups is 1. The third-order valence-corrected chi connectivity index (χ3v) is 14.2. The van der Waals surface area contributed by atoms with Gasteiger partial charge in [-0.05, 0) is 70.6 Å². The summed E-state index contributed by atoms with van der Waals surface area (Å²) in [5.74, 6) is -0.399. The molecule has 0 aromatic carbocycles. The maximum Gasteiger partial charge on any atom is 0.397 e. The van der Waals surface area contributed by atoms with Crippen LogP contribution in [0, 0.1) is 0 Å². The van der Waals surface area contributed by atoms with Crippen molar-refractivity contribution in [1.29, 1.82) is 0 Å². The Morgan fingerprint density at radius 1 is 0.528 bits per heavy atom. The van der Waals surface area contributed by atoms with Crippen molar-refractivity contribution in [2.24, 2.45) is 0 Å². The number of hydrogen-bond acceptors (Lipinski definition) is 11. The highest BCUT2D eigenvalue weighted by Gasteiger charge is 2.48. The first-order chi connectivity index (χ1) is 35.1. The van der Waals surface area contributed by atoms with Gasteiger partial charge in [0.15, 0.2) is 6.29 Å². The van der Waals surface area contributed by atoms with Crippen molar-refractivity contribution >= 4 is 16.4 Å². The number of esters is 1. The second-order valence-corrected chi connectivity index (χ2v) is 21.6. The minimum absolute atomic E-state index is 0.0369. The van der Waals surface area contributed by atoms with Gasteiger partial charge in [-0.3, -0.25) is 9.35 Å². The molecule has 0 amide bonds. The average Bonchev–Trinajstić information content (AvgIpc) is 3.36. The lowest BCUT2D eigenvalue weighted by molar-refractivity contribution is -0.301. The number of allylic oxidation sites excluding steroid dienone is 6. The summed E-state index contributed by atoms with van der Waals surface area (Å²) in [6.07, 6.45) is 53.3. The fourth-order valence-electron chi connectivity index (χ4n) is 9.23. The second-order valence-electron chi connectivity index (χ2n) is 20.6. The van der Waals surface area contributed by atoms with E-state index in [2.05, 4.69) is 54.5 Å². The molecule has 0 aromatic heterocycles. The number of aliphatic hydroxyl groups excluding tert-OH is 3. The minimum atomic E-state index is -5.07. The lowest BCUT2D eigenvalue weighted by atomic mass is 9.99. The fourth-order valence-corrected chi connectivity index (χ4v) is 9.74. The highest BCUT2D eigenvalue weighted by atomic mass is 32.3. The van der Waals surface area contributed by atoms with Crippen LogP contribution in [0.5, 0.6) is 0 Å². The molecular formula is C59H110O12S. The van der Waals surface area contributed by atoms with Crippen molar-refractivity contribution < 1.29 is 56.2 Å². The SMILES string of the molecule is CCCCC/C=C\C/C=C\CCCCCCCCCCCC(=O)OC(COCCCCCCCCCCCCCCCC/C=C\CCCCCCCCCC)COC1OC(CO)C(O)C(OS(=O)(=O)O)C1O. The Hall–Kier alpha value is -1.68. The number of ether oxygens (including phenoxy) is 4. The molecule has 0 bridgehead atoms. The number of hydrogen-bond donors (Lipinski definition) is 4. The van der Waals surface area contributed by atoms with Gasteiger partial charge in [-0.15, -0.1) is 0 Å². The van der Waals surface area contributed by atoms with E-state index in [1.165, 1.54) is 193 Å². The molecule has 0 spiro atoms. The molecule has 1 heterocycles. The molecule has 0 aromatic rings. The van der Waals surface area contributed by atoms with E-state index in [0.29, 0.717) is 13.0 Å². The predicted octanol–water partition coefficient (Wildman–Crippen LogP) is 14.9. The van der Waals surface area contributed by atoms with Gasteiger partial charge in [0.25, 0.3) is 0 Å². The van der Waals surface area contributed by atoms with E-state index < -0.39 is 59.8 Å². The Morgan fingerprint density at radius 3 is 1.36 bits per heavy atom. The number of unbranched alkanes of at least 4 members (excludes halogenated alkanes) is 34. The van der Waals surface area contributed by atoms with Crippen LogP contribution in [0.3, 0.4) is 0 Å². The lowest BCUT2D eigenvalue weighted by Gasteiger charge is -2.41. The molecule has 1 saturated heterocycles. The number of carbonyl (C=O) groups excluding carboxylic acids is 1. The van der Waals surface area contributed by atoms with Gasteiger partial charge >= 0.3 is 16.4 Å². The van der Waals surface area contributed by atoms with Crippen molar-refractivity contribution in [3.05, 3.63) is 36.5 Å². The van der Waals surface area contributed by atoms with Crippen molar-refractivity contribution in [2.45, 2.75) is 307 Å². The van der Waals surface area contributed by atoms with Crippen molar-refractivity contribution in [3.63, 3.8) is 0 Å². The van der Waals surface area contributed by atoms with Crippen LogP contribution in [0.25, 0.3) is 0 Å². The normalized spacial score (nSPS) is 19.1. The zero-order valence-corrected chi connectivity index (χ0v) is 46.8. The Bertz CT molecular complexity index is 1390. The maximum atomic E-state index is 13.0. The summed E-state index contributed by atoms with van der Waals surface area (Å²) in [6, 6.07) is 0. The Morgan fingerprint density at radius 2 is 0.917 bits per heavy atom. The van der Waals surface area contributed by atoms with Crippen LogP contribution < -0.4 is 0 Å². The molecule has 1 rings (SSSR count). The largest absolute Gasteiger partial charge is 0.457 e. The first kappa shape index (κ1) is 68.3. The summed E-state index contributed by atoms with van der Waals surface area (Å²) in [4.78, 5) is 13.0. The van der Waals surface area contributed by atoms with Crippen LogP contribution in [0.15, 0.2) is 36.5 Å². The molecule has 4 N–H and O–H groups in total. The predicted molar refractivity (Wildman–Crippen MR) is 294 cm³/mol. The van der Waals surface area contributed by atoms with Gasteiger partial charge in [-0.25, -0.2) is 4.18 Å². The third kappa shape index (κ3) is 42.5. The minimum Gasteiger partial charge on any atom is -0.457 e. The average molecular weight is 1040 g/mol. The molecule has 0 radical (unpaired) electrons. The summed E-state index contributed by atoms with van der Waals surface area (Å²) in [6.45, 7) is 4.01. The fraction of sp³-hybridized carbons (Fsp3) is 0.881. The summed E-state index contributed by atoms with van der Waals surface area (Å²) in [5, 5.41) is 30.8. The van der Waals surface area contributed by atoms with Gasteiger partial charge in [0.1, 0.15) is 30.5 Å². The molecule has 424 valence electrons. The summed E-state index contributed by atoms with van der Waals surface area (Å²) in [7, 11) is -5.07. The van der Waals surface area contributed by atoms with Crippen LogP contribution in [-0.4, -0.2) is 97.5 Å². The zero-order valence-electron chi connectivity index (χ0n) is 46.0. The van der Waals surface area contributed by atoms with E-state index in [9.17, 15) is 33.1 Å². The van der Waals surface area contributed by atoms with E-state index in [0.717, 1.165) is 51.4 Å². The molecule has 72 heavy (non-hydrogen) atoms. The first-order valence-electron chi connectivity index (χ1n) is 29.7. The van der Waals surface area contributed by atoms with E-state index in [4.69, 9.17) is 18.9 Å². The van der Waals surface area contributed by atoms with Gasteiger partial charge in [0.05, 0.1) is 19.8 Å². The van der Waals surface area contributed by atoms with Crippen molar-refractivity contribution in [1.82, 2.24) is 0 Å². The van der Waals surface area contributed by atoms with Gasteiger partial charge in [-0.1, -0.05) is 230 Å². The van der Waals surface area contributed by atoms with E-state index in [1.807, 2.05) is 0 Å². The Labute approximate surface area is 441 Å². The molecule has 12 nitrogen and oxygen atoms in total. The van der Waals surface area contributed by atoms with Crippen LogP contribution in [0.4, 0.5) is 0 Å². The highest BCUT2D eigenvalue weighted by Crippen LogP contribution is 2.26.